The molecule has 12 aromatic rings. The first-order chi connectivity index (χ1) is 32.3. The van der Waals surface area contributed by atoms with Crippen molar-refractivity contribution in [3.05, 3.63) is 175 Å². The van der Waals surface area contributed by atoms with Crippen molar-refractivity contribution in [3.8, 4) is 56.5 Å². The third kappa shape index (κ3) is 5.54. The molecule has 2 aliphatic rings. The van der Waals surface area contributed by atoms with E-state index in [1.807, 2.05) is 48.5 Å². The van der Waals surface area contributed by atoms with Crippen LogP contribution in [0.5, 0.6) is 0 Å². The number of halogens is 3. The highest BCUT2D eigenvalue weighted by atomic mass is 19.4. The fourth-order valence-electron chi connectivity index (χ4n) is 9.90. The maximum atomic E-state index is 14.2. The number of nitrogens with zero attached hydrogens (tertiary/aromatic N) is 5. The minimum atomic E-state index is -4.53. The van der Waals surface area contributed by atoms with Gasteiger partial charge in [-0.25, -0.2) is 24.9 Å². The number of nitrogens with one attached hydrogen (secondary N) is 2. The second kappa shape index (κ2) is 13.4. The SMILES string of the molecule is FC(F)(F)c1ccc(-c2c3nc(nc4[nH]c(nc5nc(nc6[nH]c2c2cc7ccccc7cc62)-c2cc6ccccc6cc2-5)c2cc5ccccc5cc42)-c2cc4ccccc4cc2-3)cc1. The van der Waals surface area contributed by atoms with Gasteiger partial charge in [-0.05, 0) is 109 Å². The lowest BCUT2D eigenvalue weighted by molar-refractivity contribution is -0.137. The minimum absolute atomic E-state index is 0.446. The van der Waals surface area contributed by atoms with E-state index in [-0.39, 0.29) is 0 Å². The van der Waals surface area contributed by atoms with Gasteiger partial charge in [0.25, 0.3) is 0 Å². The molecule has 3 aromatic heterocycles. The molecule has 14 rings (SSSR count). The van der Waals surface area contributed by atoms with Crippen molar-refractivity contribution < 1.29 is 13.2 Å². The Morgan fingerprint density at radius 1 is 0.348 bits per heavy atom. The predicted molar refractivity (Wildman–Crippen MR) is 259 cm³/mol. The number of fused-ring (bicyclic) bond motifs is 24. The highest BCUT2D eigenvalue weighted by Crippen LogP contribution is 2.46. The van der Waals surface area contributed by atoms with Crippen LogP contribution in [0, 0.1) is 0 Å². The zero-order valence-corrected chi connectivity index (χ0v) is 34.5. The van der Waals surface area contributed by atoms with Gasteiger partial charge in [-0.2, -0.15) is 13.2 Å². The molecule has 0 atom stereocenters. The number of hydrogen-bond acceptors (Lipinski definition) is 5. The Morgan fingerprint density at radius 2 is 0.712 bits per heavy atom. The van der Waals surface area contributed by atoms with E-state index in [1.54, 1.807) is 0 Å². The fraction of sp³-hybridized carbons (Fsp3) is 0.0179. The molecule has 9 aromatic carbocycles. The molecule has 5 heterocycles. The summed E-state index contributed by atoms with van der Waals surface area (Å²) >= 11 is 0. The van der Waals surface area contributed by atoms with E-state index in [0.717, 1.165) is 99.0 Å². The molecule has 8 bridgehead atoms. The van der Waals surface area contributed by atoms with Crippen LogP contribution in [-0.4, -0.2) is 34.9 Å². The maximum absolute atomic E-state index is 14.2. The summed E-state index contributed by atoms with van der Waals surface area (Å²) in [7, 11) is 0. The zero-order chi connectivity index (χ0) is 43.8. The highest BCUT2D eigenvalue weighted by Gasteiger charge is 2.31. The molecule has 0 radical (unpaired) electrons. The monoisotopic (exact) mass is 857 g/mol. The number of benzene rings is 9. The Hall–Kier alpha value is -8.76. The van der Waals surface area contributed by atoms with Crippen molar-refractivity contribution in [1.29, 1.82) is 0 Å². The maximum Gasteiger partial charge on any atom is 0.416 e. The van der Waals surface area contributed by atoms with Crippen LogP contribution >= 0.6 is 0 Å². The van der Waals surface area contributed by atoms with Gasteiger partial charge >= 0.3 is 6.18 Å². The Morgan fingerprint density at radius 3 is 1.17 bits per heavy atom. The van der Waals surface area contributed by atoms with Crippen molar-refractivity contribution in [3.63, 3.8) is 0 Å². The number of hydrogen-bond donors (Lipinski definition) is 2. The Labute approximate surface area is 372 Å². The molecule has 66 heavy (non-hydrogen) atoms. The number of alkyl halides is 3. The first-order valence-electron chi connectivity index (χ1n) is 21.6. The van der Waals surface area contributed by atoms with E-state index in [4.69, 9.17) is 24.9 Å². The van der Waals surface area contributed by atoms with E-state index in [2.05, 4.69) is 107 Å². The van der Waals surface area contributed by atoms with Gasteiger partial charge in [0.05, 0.1) is 16.8 Å². The molecule has 0 spiro atoms. The largest absolute Gasteiger partial charge is 0.416 e. The predicted octanol–water partition coefficient (Wildman–Crippen LogP) is 14.8. The van der Waals surface area contributed by atoms with Crippen molar-refractivity contribution in [2.75, 3.05) is 0 Å². The lowest BCUT2D eigenvalue weighted by atomic mass is 9.94. The van der Waals surface area contributed by atoms with Crippen molar-refractivity contribution >= 4 is 87.1 Å². The normalized spacial score (nSPS) is 12.5. The Kier molecular flexibility index (Phi) is 7.44. The number of H-pyrrole nitrogens is 2. The van der Waals surface area contributed by atoms with Gasteiger partial charge in [-0.1, -0.05) is 109 Å². The van der Waals surface area contributed by atoms with Gasteiger partial charge in [0, 0.05) is 49.4 Å². The van der Waals surface area contributed by atoms with Crippen LogP contribution in [0.15, 0.2) is 170 Å². The molecule has 310 valence electrons. The highest BCUT2D eigenvalue weighted by molar-refractivity contribution is 6.18. The third-order valence-corrected chi connectivity index (χ3v) is 13.1. The van der Waals surface area contributed by atoms with Crippen LogP contribution in [0.4, 0.5) is 13.2 Å². The van der Waals surface area contributed by atoms with Crippen molar-refractivity contribution in [1.82, 2.24) is 34.9 Å². The number of rotatable bonds is 1. The molecular formula is C56H30F3N7. The van der Waals surface area contributed by atoms with E-state index in [0.29, 0.717) is 56.8 Å². The molecule has 0 amide bonds. The second-order valence-electron chi connectivity index (χ2n) is 17.0. The average molecular weight is 858 g/mol. The van der Waals surface area contributed by atoms with Gasteiger partial charge in [0.1, 0.15) is 16.9 Å². The summed E-state index contributed by atoms with van der Waals surface area (Å²) in [6.07, 6.45) is -4.53. The smallest absolute Gasteiger partial charge is 0.339 e. The molecule has 0 fully saturated rings. The number of aromatic nitrogens is 7. The fourth-order valence-corrected chi connectivity index (χ4v) is 9.90. The Balaban J connectivity index is 1.23. The van der Waals surface area contributed by atoms with Gasteiger partial charge in [-0.15, -0.1) is 0 Å². The van der Waals surface area contributed by atoms with Crippen molar-refractivity contribution in [2.45, 2.75) is 6.18 Å². The topological polar surface area (TPSA) is 96.0 Å². The van der Waals surface area contributed by atoms with Gasteiger partial charge < -0.3 is 9.97 Å². The lowest BCUT2D eigenvalue weighted by Gasteiger charge is -2.11. The summed E-state index contributed by atoms with van der Waals surface area (Å²) in [5.74, 6) is 1.41. The first kappa shape index (κ1) is 36.7. The summed E-state index contributed by atoms with van der Waals surface area (Å²) < 4.78 is 42.6. The number of aromatic amines is 2. The molecule has 0 saturated carbocycles. The van der Waals surface area contributed by atoms with Crippen molar-refractivity contribution in [2.24, 2.45) is 0 Å². The summed E-state index contributed by atoms with van der Waals surface area (Å²) in [6.45, 7) is 0. The van der Waals surface area contributed by atoms with Crippen LogP contribution in [0.2, 0.25) is 0 Å². The summed E-state index contributed by atoms with van der Waals surface area (Å²) in [4.78, 5) is 34.0. The second-order valence-corrected chi connectivity index (χ2v) is 17.0. The molecule has 0 saturated heterocycles. The molecule has 0 aliphatic carbocycles. The molecule has 0 unspecified atom stereocenters. The molecule has 2 aliphatic heterocycles. The van der Waals surface area contributed by atoms with E-state index < -0.39 is 11.7 Å². The van der Waals surface area contributed by atoms with Crippen LogP contribution in [0.25, 0.3) is 144 Å². The quantitative estimate of drug-likeness (QED) is 0.171. The molecule has 10 heteroatoms. The van der Waals surface area contributed by atoms with Gasteiger partial charge in [0.2, 0.25) is 0 Å². The standard InChI is InChI=1S/C56H30F3N7/c57-56(58,59)38-19-17-29(18-20-38)47-48-39-21-30-9-1-3-11-32(30)23-41(39)50(60-48)62-52-43-25-34-13-5-7-15-36(34)27-45(43)54(64-52)66-55-46-28-37-16-8-6-14-35(37)26-44(46)53(65-55)63-51-42-24-33-12-4-2-10-31(33)22-40(42)49(47)61-51/h1-28H,(H2,60,61,62,63,64,65,66). The lowest BCUT2D eigenvalue weighted by Crippen LogP contribution is -2.04. The minimum Gasteiger partial charge on any atom is -0.339 e. The summed E-state index contributed by atoms with van der Waals surface area (Å²) in [6, 6.07) is 54.8. The van der Waals surface area contributed by atoms with Gasteiger partial charge in [-0.3, -0.25) is 0 Å². The van der Waals surface area contributed by atoms with E-state index in [9.17, 15) is 13.2 Å². The molecular weight excluding hydrogens is 828 g/mol. The van der Waals surface area contributed by atoms with E-state index >= 15 is 0 Å². The molecule has 2 N–H and O–H groups in total. The van der Waals surface area contributed by atoms with Crippen LogP contribution in [0.3, 0.4) is 0 Å². The summed E-state index contributed by atoms with van der Waals surface area (Å²) in [5.41, 5.74) is 6.49. The first-order valence-corrected chi connectivity index (χ1v) is 21.6. The Bertz CT molecular complexity index is 4280. The van der Waals surface area contributed by atoms with Gasteiger partial charge in [0.15, 0.2) is 17.5 Å². The zero-order valence-electron chi connectivity index (χ0n) is 34.5. The third-order valence-electron chi connectivity index (χ3n) is 13.1. The van der Waals surface area contributed by atoms with Crippen LogP contribution in [-0.2, 0) is 6.18 Å². The van der Waals surface area contributed by atoms with Crippen LogP contribution in [0.1, 0.15) is 5.56 Å². The van der Waals surface area contributed by atoms with E-state index in [1.165, 1.54) is 12.1 Å². The summed E-state index contributed by atoms with van der Waals surface area (Å²) in [5, 5.41) is 11.5. The average Bonchev–Trinajstić information content (AvgIpc) is 4.06. The van der Waals surface area contributed by atoms with Crippen LogP contribution < -0.4 is 0 Å². The molecule has 7 nitrogen and oxygen atoms in total.